The minimum absolute atomic E-state index is 0.313. The number of anilines is 1. The van der Waals surface area contributed by atoms with Crippen molar-refractivity contribution in [2.75, 3.05) is 11.5 Å². The molecule has 0 saturated heterocycles. The van der Waals surface area contributed by atoms with Gasteiger partial charge in [-0.2, -0.15) is 11.8 Å². The molecule has 0 radical (unpaired) electrons. The van der Waals surface area contributed by atoms with Gasteiger partial charge in [0.15, 0.2) is 0 Å². The second-order valence-corrected chi connectivity index (χ2v) is 6.01. The van der Waals surface area contributed by atoms with Crippen LogP contribution in [-0.2, 0) is 6.42 Å². The highest BCUT2D eigenvalue weighted by atomic mass is 32.2. The highest BCUT2D eigenvalue weighted by Gasteiger charge is 2.17. The molecule has 0 aromatic carbocycles. The maximum Gasteiger partial charge on any atom is 0.0672 e. The minimum atomic E-state index is -0.313. The van der Waals surface area contributed by atoms with Crippen molar-refractivity contribution in [3.05, 3.63) is 24.0 Å². The van der Waals surface area contributed by atoms with Crippen molar-refractivity contribution >= 4 is 17.4 Å². The second-order valence-electron chi connectivity index (χ2n) is 4.67. The highest BCUT2D eigenvalue weighted by Crippen LogP contribution is 2.30. The minimum Gasteiger partial charge on any atom is -0.398 e. The fourth-order valence-electron chi connectivity index (χ4n) is 2.22. The fraction of sp³-hybridized carbons (Fsp3) is 0.615. The molecule has 1 aromatic heterocycles. The van der Waals surface area contributed by atoms with Crippen LogP contribution in [0.15, 0.2) is 18.5 Å². The van der Waals surface area contributed by atoms with Gasteiger partial charge in [0, 0.05) is 35.5 Å². The molecule has 1 saturated carbocycles. The third kappa shape index (κ3) is 3.89. The van der Waals surface area contributed by atoms with E-state index in [1.165, 1.54) is 25.7 Å². The van der Waals surface area contributed by atoms with Crippen LogP contribution in [0.3, 0.4) is 0 Å². The van der Waals surface area contributed by atoms with E-state index in [1.54, 1.807) is 18.5 Å². The normalized spacial score (nSPS) is 18.4. The van der Waals surface area contributed by atoms with Gasteiger partial charge in [-0.05, 0) is 24.5 Å². The maximum absolute atomic E-state index is 9.98. The number of aliphatic hydroxyl groups is 1. The van der Waals surface area contributed by atoms with Gasteiger partial charge in [0.25, 0.3) is 0 Å². The van der Waals surface area contributed by atoms with E-state index >= 15 is 0 Å². The van der Waals surface area contributed by atoms with E-state index < -0.39 is 0 Å². The standard InChI is InChI=1S/C13H20N2OS/c14-13-5-6-15-8-10(13)7-11(16)9-17-12-3-1-2-4-12/h5-6,8,11-12,16H,1-4,7,9H2,(H2,14,15). The van der Waals surface area contributed by atoms with Gasteiger partial charge in [-0.25, -0.2) is 0 Å². The summed E-state index contributed by atoms with van der Waals surface area (Å²) >= 11 is 1.91. The van der Waals surface area contributed by atoms with E-state index in [0.29, 0.717) is 6.42 Å². The summed E-state index contributed by atoms with van der Waals surface area (Å²) in [6, 6.07) is 1.78. The van der Waals surface area contributed by atoms with Crippen molar-refractivity contribution in [2.24, 2.45) is 0 Å². The third-order valence-electron chi connectivity index (χ3n) is 3.22. The second kappa shape index (κ2) is 6.26. The Kier molecular flexibility index (Phi) is 4.68. The molecule has 2 rings (SSSR count). The van der Waals surface area contributed by atoms with Crippen LogP contribution >= 0.6 is 11.8 Å². The zero-order valence-electron chi connectivity index (χ0n) is 10.0. The number of rotatable bonds is 5. The molecule has 0 aliphatic heterocycles. The number of nitrogens with two attached hydrogens (primary N) is 1. The lowest BCUT2D eigenvalue weighted by atomic mass is 10.1. The summed E-state index contributed by atoms with van der Waals surface area (Å²) in [7, 11) is 0. The van der Waals surface area contributed by atoms with Gasteiger partial charge in [-0.3, -0.25) is 4.98 Å². The third-order valence-corrected chi connectivity index (χ3v) is 4.74. The molecule has 94 valence electrons. The molecule has 17 heavy (non-hydrogen) atoms. The van der Waals surface area contributed by atoms with Crippen molar-refractivity contribution in [1.82, 2.24) is 4.98 Å². The number of hydrogen-bond acceptors (Lipinski definition) is 4. The average molecular weight is 252 g/mol. The first-order valence-corrected chi connectivity index (χ1v) is 7.28. The summed E-state index contributed by atoms with van der Waals surface area (Å²) in [4.78, 5) is 4.04. The zero-order chi connectivity index (χ0) is 12.1. The molecule has 1 fully saturated rings. The first-order valence-electron chi connectivity index (χ1n) is 6.23. The van der Waals surface area contributed by atoms with Crippen LogP contribution in [0, 0.1) is 0 Å². The number of aliphatic hydroxyl groups excluding tert-OH is 1. The van der Waals surface area contributed by atoms with Crippen LogP contribution in [0.4, 0.5) is 5.69 Å². The molecule has 1 aromatic rings. The summed E-state index contributed by atoms with van der Waals surface area (Å²) in [6.07, 6.45) is 9.05. The van der Waals surface area contributed by atoms with Gasteiger partial charge in [0.2, 0.25) is 0 Å². The van der Waals surface area contributed by atoms with Gasteiger partial charge in [-0.1, -0.05) is 12.8 Å². The molecule has 1 aliphatic carbocycles. The maximum atomic E-state index is 9.98. The molecule has 1 aliphatic rings. The Morgan fingerprint density at radius 3 is 2.94 bits per heavy atom. The molecule has 3 nitrogen and oxygen atoms in total. The number of aromatic nitrogens is 1. The Morgan fingerprint density at radius 2 is 2.24 bits per heavy atom. The first kappa shape index (κ1) is 12.7. The monoisotopic (exact) mass is 252 g/mol. The van der Waals surface area contributed by atoms with Crippen molar-refractivity contribution in [3.63, 3.8) is 0 Å². The van der Waals surface area contributed by atoms with Gasteiger partial charge in [-0.15, -0.1) is 0 Å². The van der Waals surface area contributed by atoms with E-state index in [-0.39, 0.29) is 6.10 Å². The molecular weight excluding hydrogens is 232 g/mol. The van der Waals surface area contributed by atoms with Crippen molar-refractivity contribution < 1.29 is 5.11 Å². The molecule has 1 atom stereocenters. The topological polar surface area (TPSA) is 59.1 Å². The fourth-order valence-corrected chi connectivity index (χ4v) is 3.50. The van der Waals surface area contributed by atoms with Gasteiger partial charge in [0.1, 0.15) is 0 Å². The van der Waals surface area contributed by atoms with Crippen LogP contribution in [0.2, 0.25) is 0 Å². The Hall–Kier alpha value is -0.740. The van der Waals surface area contributed by atoms with E-state index in [1.807, 2.05) is 11.8 Å². The predicted octanol–water partition coefficient (Wildman–Crippen LogP) is 2.24. The largest absolute Gasteiger partial charge is 0.398 e. The highest BCUT2D eigenvalue weighted by molar-refractivity contribution is 7.99. The van der Waals surface area contributed by atoms with Crippen molar-refractivity contribution in [3.8, 4) is 0 Å². The molecule has 4 heteroatoms. The summed E-state index contributed by atoms with van der Waals surface area (Å²) in [5.74, 6) is 0.805. The van der Waals surface area contributed by atoms with Crippen LogP contribution in [0.25, 0.3) is 0 Å². The molecule has 3 N–H and O–H groups in total. The van der Waals surface area contributed by atoms with Crippen LogP contribution in [0.1, 0.15) is 31.2 Å². The summed E-state index contributed by atoms with van der Waals surface area (Å²) in [5, 5.41) is 10.7. The Morgan fingerprint density at radius 1 is 1.47 bits per heavy atom. The zero-order valence-corrected chi connectivity index (χ0v) is 10.8. The summed E-state index contributed by atoms with van der Waals surface area (Å²) in [5.41, 5.74) is 7.51. The van der Waals surface area contributed by atoms with Gasteiger partial charge in [0.05, 0.1) is 6.10 Å². The number of thioether (sulfide) groups is 1. The summed E-state index contributed by atoms with van der Waals surface area (Å²) < 4.78 is 0. The Balaban J connectivity index is 1.76. The molecule has 1 unspecified atom stereocenters. The number of pyridine rings is 1. The van der Waals surface area contributed by atoms with Crippen LogP contribution < -0.4 is 5.73 Å². The molecule has 0 bridgehead atoms. The Bertz CT molecular complexity index is 353. The smallest absolute Gasteiger partial charge is 0.0672 e. The SMILES string of the molecule is Nc1ccncc1CC(O)CSC1CCCC1. The van der Waals surface area contributed by atoms with Crippen molar-refractivity contribution in [1.29, 1.82) is 0 Å². The summed E-state index contributed by atoms with van der Waals surface area (Å²) in [6.45, 7) is 0. The Labute approximate surface area is 107 Å². The van der Waals surface area contributed by atoms with E-state index in [2.05, 4.69) is 4.98 Å². The van der Waals surface area contributed by atoms with E-state index in [0.717, 1.165) is 22.3 Å². The van der Waals surface area contributed by atoms with Gasteiger partial charge < -0.3 is 10.8 Å². The lowest BCUT2D eigenvalue weighted by Gasteiger charge is -2.14. The van der Waals surface area contributed by atoms with Crippen LogP contribution in [0.5, 0.6) is 0 Å². The molecule has 0 spiro atoms. The molecule has 1 heterocycles. The van der Waals surface area contributed by atoms with E-state index in [4.69, 9.17) is 5.73 Å². The average Bonchev–Trinajstić information content (AvgIpc) is 2.82. The predicted molar refractivity (Wildman–Crippen MR) is 73.1 cm³/mol. The number of nitrogen functional groups attached to an aromatic ring is 1. The first-order chi connectivity index (χ1) is 8.25. The van der Waals surface area contributed by atoms with Crippen LogP contribution in [-0.4, -0.2) is 27.2 Å². The number of nitrogens with zero attached hydrogens (tertiary/aromatic N) is 1. The van der Waals surface area contributed by atoms with Crippen molar-refractivity contribution in [2.45, 2.75) is 43.5 Å². The molecule has 0 amide bonds. The van der Waals surface area contributed by atoms with E-state index in [9.17, 15) is 5.11 Å². The lowest BCUT2D eigenvalue weighted by molar-refractivity contribution is 0.200. The lowest BCUT2D eigenvalue weighted by Crippen LogP contribution is -2.16. The molecular formula is C13H20N2OS. The quantitative estimate of drug-likeness (QED) is 0.844. The number of hydrogen-bond donors (Lipinski definition) is 2. The van der Waals surface area contributed by atoms with Gasteiger partial charge >= 0.3 is 0 Å².